The number of methoxy groups -OCH3 is 1. The summed E-state index contributed by atoms with van der Waals surface area (Å²) in [5, 5.41) is 337. The minimum absolute atomic E-state index is 0.112. The van der Waals surface area contributed by atoms with Crippen LogP contribution in [0.1, 0.15) is 19.4 Å². The molecule has 1 aromatic carbocycles. The molecule has 132 heavy (non-hydrogen) atoms. The Morgan fingerprint density at radius 1 is 0.318 bits per heavy atom. The van der Waals surface area contributed by atoms with Crippen LogP contribution in [-0.4, -0.2) is 564 Å². The summed E-state index contributed by atoms with van der Waals surface area (Å²) < 4.78 is 120. The SMILES string of the molecule is COC1C(CO)OC(OC2C(CO)OC(OC3C(CO)OC(OC4C(CO)OC(OC5C(CO)OC(OC6C(CO)OC(OC7C(CO)OC(OC8C(CO)OC(OC9C(CO)OC(OC%10C(CO)OC(Oc%11ccc(CC%12NC(=O)C(NC(=O)CN)C%12(C)C)cc%11)C(O)C%10O)C(O)C9O)C(O)C8O)C(O)C7O)C(O)C6O)C(O)C5O)C(O)C4O)C(O)C3O)C(O)C2O)C(O)C1O. The van der Waals surface area contributed by atoms with E-state index in [0.29, 0.717) is 6.42 Å². The van der Waals surface area contributed by atoms with Crippen molar-refractivity contribution in [2.75, 3.05) is 79.7 Å². The molecule has 34 N–H and O–H groups in total. The van der Waals surface area contributed by atoms with Gasteiger partial charge < -0.3 is 269 Å². The highest BCUT2D eigenvalue weighted by molar-refractivity contribution is 5.91. The van der Waals surface area contributed by atoms with Crippen LogP contribution in [0.5, 0.6) is 5.75 Å². The third-order valence-electron chi connectivity index (χ3n) is 25.4. The molecule has 56 nitrogen and oxygen atoms in total. The first kappa shape index (κ1) is 107. The van der Waals surface area contributed by atoms with Crippen molar-refractivity contribution in [3.05, 3.63) is 29.8 Å². The number of nitrogens with one attached hydrogen (secondary N) is 2. The number of aliphatic hydroxyl groups excluding tert-OH is 30. The quantitative estimate of drug-likeness (QED) is 0.0300. The van der Waals surface area contributed by atoms with E-state index in [1.165, 1.54) is 19.2 Å². The van der Waals surface area contributed by atoms with E-state index in [1.807, 2.05) is 0 Å². The largest absolute Gasteiger partial charge is 0.462 e. The predicted molar refractivity (Wildman–Crippen MR) is 410 cm³/mol. The van der Waals surface area contributed by atoms with Crippen molar-refractivity contribution in [2.45, 2.75) is 339 Å². The van der Waals surface area contributed by atoms with Gasteiger partial charge in [0.25, 0.3) is 0 Å². The average Bonchev–Trinajstić information content (AvgIpc) is 1.57. The molecule has 0 spiro atoms. The molecule has 1 aromatic rings. The maximum Gasteiger partial charge on any atom is 0.243 e. The first-order valence-corrected chi connectivity index (χ1v) is 42.5. The first-order chi connectivity index (χ1) is 62.7. The number of benzene rings is 1. The summed E-state index contributed by atoms with van der Waals surface area (Å²) in [5.74, 6) is -0.782. The number of ether oxygens (including phenoxy) is 21. The molecule has 11 fully saturated rings. The molecule has 0 radical (unpaired) electrons. The molecule has 52 atom stereocenters. The zero-order valence-electron chi connectivity index (χ0n) is 70.7. The smallest absolute Gasteiger partial charge is 0.243 e. The van der Waals surface area contributed by atoms with Gasteiger partial charge in [-0.25, -0.2) is 0 Å². The minimum Gasteiger partial charge on any atom is -0.462 e. The summed E-state index contributed by atoms with van der Waals surface area (Å²) in [6.07, 6.45) is -99.5. The molecule has 56 heteroatoms. The van der Waals surface area contributed by atoms with Crippen molar-refractivity contribution in [3.8, 4) is 5.75 Å². The number of carbonyl (C=O) groups is 2. The molecule has 11 heterocycles. The van der Waals surface area contributed by atoms with Crippen LogP contribution in [0.2, 0.25) is 0 Å². The maximum atomic E-state index is 12.8. The lowest BCUT2D eigenvalue weighted by molar-refractivity contribution is -0.400. The van der Waals surface area contributed by atoms with Gasteiger partial charge in [-0.05, 0) is 24.1 Å². The van der Waals surface area contributed by atoms with E-state index in [1.54, 1.807) is 26.0 Å². The van der Waals surface area contributed by atoms with Crippen LogP contribution in [0.15, 0.2) is 24.3 Å². The lowest BCUT2D eigenvalue weighted by Crippen LogP contribution is -2.68. The number of nitrogens with two attached hydrogens (primary N) is 1. The first-order valence-electron chi connectivity index (χ1n) is 42.5. The van der Waals surface area contributed by atoms with E-state index in [-0.39, 0.29) is 18.2 Å². The fourth-order valence-corrected chi connectivity index (χ4v) is 17.7. The molecule has 760 valence electrons. The molecular weight excluding hydrogens is 1800 g/mol. The highest BCUT2D eigenvalue weighted by Crippen LogP contribution is 2.42. The van der Waals surface area contributed by atoms with Gasteiger partial charge in [0.05, 0.1) is 72.6 Å². The molecule has 2 amide bonds. The summed E-state index contributed by atoms with van der Waals surface area (Å²) in [5.41, 5.74) is 5.42. The predicted octanol–water partition coefficient (Wildman–Crippen LogP) is -21.6. The van der Waals surface area contributed by atoms with Gasteiger partial charge in [0, 0.05) is 18.6 Å². The van der Waals surface area contributed by atoms with E-state index in [4.69, 9.17) is 105 Å². The van der Waals surface area contributed by atoms with Crippen LogP contribution in [0, 0.1) is 5.41 Å². The fourth-order valence-electron chi connectivity index (χ4n) is 17.7. The Labute approximate surface area is 748 Å². The van der Waals surface area contributed by atoms with Crippen LogP contribution in [0.4, 0.5) is 0 Å². The normalized spacial score (nSPS) is 49.1. The van der Waals surface area contributed by atoms with Crippen molar-refractivity contribution in [1.29, 1.82) is 0 Å². The average molecular weight is 1930 g/mol. The molecule has 11 aliphatic rings. The standard InChI is InChI=1S/C76H123N3O53/c1-76(2)32(78-65(111)64(76)79-33(90)9-77)8-20-4-6-21(7-5-20)113-66-45(102)35(92)55(23(11-81)115-66)125-68-47(104)37(94)57(25(13-83)117-68)127-70-49(106)39(96)59(27(15-85)119-70)129-72-51(108)41(98)61(29(17-87)121-72)131-74-53(110)43(100)63(31(19-89)123-74)132-75-52(109)42(99)62(30(18-88)122-75)130-73-50(107)40(97)60(28(16-86)120-73)128-71-48(105)38(95)58(26(14-84)118-71)126-69-46(103)36(93)56(24(12-82)116-69)124-67-44(101)34(91)54(112-3)22(10-80)114-67/h4-7,22-32,34-64,66-75,80-89,91-110H,8-19,77H2,1-3H3,(H,78,111)(H,79,90). The molecule has 11 saturated heterocycles. The highest BCUT2D eigenvalue weighted by atomic mass is 16.8. The second kappa shape index (κ2) is 46.1. The molecule has 0 aromatic heterocycles. The minimum atomic E-state index is -2.34. The molecule has 12 rings (SSSR count). The van der Waals surface area contributed by atoms with Gasteiger partial charge >= 0.3 is 0 Å². The van der Waals surface area contributed by atoms with Gasteiger partial charge in [0.15, 0.2) is 56.6 Å². The van der Waals surface area contributed by atoms with E-state index in [9.17, 15) is 163 Å². The lowest BCUT2D eigenvalue weighted by atomic mass is 9.78. The van der Waals surface area contributed by atoms with E-state index < -0.39 is 397 Å². The summed E-state index contributed by atoms with van der Waals surface area (Å²) in [7, 11) is 1.17. The van der Waals surface area contributed by atoms with Crippen LogP contribution in [-0.2, 0) is 111 Å². The summed E-state index contributed by atoms with van der Waals surface area (Å²) >= 11 is 0. The zero-order valence-corrected chi connectivity index (χ0v) is 70.7. The van der Waals surface area contributed by atoms with E-state index in [0.717, 1.165) is 5.56 Å². The molecule has 11 aliphatic heterocycles. The monoisotopic (exact) mass is 1930 g/mol. The Morgan fingerprint density at radius 3 is 0.705 bits per heavy atom. The summed E-state index contributed by atoms with van der Waals surface area (Å²) in [4.78, 5) is 24.8. The number of amides is 2. The Balaban J connectivity index is 0.599. The van der Waals surface area contributed by atoms with Gasteiger partial charge in [-0.1, -0.05) is 26.0 Å². The number of aliphatic hydroxyl groups is 30. The topological polar surface area (TPSA) is 885 Å². The van der Waals surface area contributed by atoms with Crippen LogP contribution in [0.3, 0.4) is 0 Å². The van der Waals surface area contributed by atoms with Gasteiger partial charge in [-0.2, -0.15) is 0 Å². The number of carbonyl (C=O) groups excluding carboxylic acids is 2. The molecular formula is C76H123N3O53. The van der Waals surface area contributed by atoms with Crippen molar-refractivity contribution in [3.63, 3.8) is 0 Å². The highest BCUT2D eigenvalue weighted by Gasteiger charge is 2.62. The van der Waals surface area contributed by atoms with Gasteiger partial charge in [-0.15, -0.1) is 0 Å². The fraction of sp³-hybridized carbons (Fsp3) is 0.895. The van der Waals surface area contributed by atoms with Gasteiger partial charge in [-0.3, -0.25) is 9.59 Å². The van der Waals surface area contributed by atoms with Crippen LogP contribution in [0.25, 0.3) is 0 Å². The number of hydrogen-bond donors (Lipinski definition) is 33. The second-order valence-corrected chi connectivity index (χ2v) is 34.2. The van der Waals surface area contributed by atoms with Gasteiger partial charge in [0.2, 0.25) is 18.1 Å². The Kier molecular flexibility index (Phi) is 37.3. The molecule has 0 aliphatic carbocycles. The summed E-state index contributed by atoms with van der Waals surface area (Å²) in [6, 6.07) is 5.04. The lowest BCUT2D eigenvalue weighted by Gasteiger charge is -2.50. The second-order valence-electron chi connectivity index (χ2n) is 34.2. The van der Waals surface area contributed by atoms with Crippen molar-refractivity contribution < 1.29 is 262 Å². The Morgan fingerprint density at radius 2 is 0.508 bits per heavy atom. The van der Waals surface area contributed by atoms with Gasteiger partial charge in [0.1, 0.15) is 256 Å². The third kappa shape index (κ3) is 22.1. The molecule has 52 unspecified atom stereocenters. The Hall–Kier alpha value is -4.08. The molecule has 0 bridgehead atoms. The molecule has 0 saturated carbocycles. The number of rotatable bonds is 35. The van der Waals surface area contributed by atoms with Crippen molar-refractivity contribution in [1.82, 2.24) is 10.6 Å². The van der Waals surface area contributed by atoms with Crippen LogP contribution >= 0.6 is 0 Å². The number of hydrogen-bond acceptors (Lipinski definition) is 54. The Bertz CT molecular complexity index is 3690. The van der Waals surface area contributed by atoms with E-state index in [2.05, 4.69) is 10.6 Å². The zero-order chi connectivity index (χ0) is 96.4. The van der Waals surface area contributed by atoms with Crippen molar-refractivity contribution >= 4 is 11.8 Å². The van der Waals surface area contributed by atoms with Crippen molar-refractivity contribution in [2.24, 2.45) is 11.1 Å². The third-order valence-corrected chi connectivity index (χ3v) is 25.4. The summed E-state index contributed by atoms with van der Waals surface area (Å²) in [6.45, 7) is -7.18. The van der Waals surface area contributed by atoms with E-state index >= 15 is 0 Å². The maximum absolute atomic E-state index is 12.8. The van der Waals surface area contributed by atoms with Crippen LogP contribution < -0.4 is 21.1 Å².